The van der Waals surface area contributed by atoms with Crippen molar-refractivity contribution in [1.82, 2.24) is 0 Å². The molecule has 0 saturated carbocycles. The molecular weight excluding hydrogens is 285 g/mol. The molecular formula is C12H9F2NaO3S. The van der Waals surface area contributed by atoms with Gasteiger partial charge in [0.05, 0.1) is 0 Å². The van der Waals surface area contributed by atoms with Crippen LogP contribution in [0.5, 0.6) is 0 Å². The van der Waals surface area contributed by atoms with Gasteiger partial charge in [0.1, 0.15) is 16.5 Å². The molecule has 7 heteroatoms. The molecule has 2 aromatic rings. The van der Waals surface area contributed by atoms with Crippen LogP contribution in [0.15, 0.2) is 47.4 Å². The Morgan fingerprint density at radius 1 is 0.947 bits per heavy atom. The molecule has 0 aliphatic carbocycles. The molecule has 0 fully saturated rings. The van der Waals surface area contributed by atoms with E-state index in [1.165, 1.54) is 30.3 Å². The Morgan fingerprint density at radius 2 is 1.47 bits per heavy atom. The summed E-state index contributed by atoms with van der Waals surface area (Å²) in [6.07, 6.45) is 0. The van der Waals surface area contributed by atoms with E-state index in [2.05, 4.69) is 0 Å². The molecule has 0 amide bonds. The van der Waals surface area contributed by atoms with Crippen molar-refractivity contribution in [3.63, 3.8) is 0 Å². The van der Waals surface area contributed by atoms with Crippen LogP contribution in [-0.4, -0.2) is 13.0 Å². The molecule has 19 heavy (non-hydrogen) atoms. The Labute approximate surface area is 132 Å². The molecule has 2 rings (SSSR count). The monoisotopic (exact) mass is 294 g/mol. The van der Waals surface area contributed by atoms with Crippen molar-refractivity contribution < 1.29 is 52.7 Å². The first kappa shape index (κ1) is 16.3. The van der Waals surface area contributed by atoms with Crippen molar-refractivity contribution in [2.45, 2.75) is 4.90 Å². The summed E-state index contributed by atoms with van der Waals surface area (Å²) in [7, 11) is -4.62. The van der Waals surface area contributed by atoms with Gasteiger partial charge in [-0.05, 0) is 35.4 Å². The standard InChI is InChI=1S/C12H8F2O3S.Na.H/c13-10-4-1-8(2-5-10)9-3-6-11(14)12(7-9)18(15,16)17;;/h1-7H,(H,15,16,17);;/q;+1;-1. The van der Waals surface area contributed by atoms with Crippen LogP contribution in [0.25, 0.3) is 11.1 Å². The molecule has 0 aliphatic rings. The molecule has 0 saturated heterocycles. The number of halogens is 2. The molecule has 0 unspecified atom stereocenters. The molecule has 0 heterocycles. The van der Waals surface area contributed by atoms with E-state index in [1.807, 2.05) is 0 Å². The maximum Gasteiger partial charge on any atom is 1.00 e. The van der Waals surface area contributed by atoms with Gasteiger partial charge < -0.3 is 1.43 Å². The first-order valence-corrected chi connectivity index (χ1v) is 6.35. The van der Waals surface area contributed by atoms with E-state index in [1.54, 1.807) is 0 Å². The molecule has 1 N–H and O–H groups in total. The second-order valence-electron chi connectivity index (χ2n) is 3.63. The van der Waals surface area contributed by atoms with Gasteiger partial charge in [-0.2, -0.15) is 8.42 Å². The van der Waals surface area contributed by atoms with Crippen molar-refractivity contribution in [3.8, 4) is 11.1 Å². The zero-order valence-corrected chi connectivity index (χ0v) is 12.8. The van der Waals surface area contributed by atoms with Crippen molar-refractivity contribution in [1.29, 1.82) is 0 Å². The van der Waals surface area contributed by atoms with Crippen LogP contribution in [0, 0.1) is 11.6 Å². The molecule has 2 aromatic carbocycles. The minimum atomic E-state index is -4.62. The fraction of sp³-hybridized carbons (Fsp3) is 0. The van der Waals surface area contributed by atoms with Crippen LogP contribution in [-0.2, 0) is 10.1 Å². The number of hydrogen-bond donors (Lipinski definition) is 1. The summed E-state index contributed by atoms with van der Waals surface area (Å²) in [4.78, 5) is -0.802. The quantitative estimate of drug-likeness (QED) is 0.626. The maximum absolute atomic E-state index is 13.2. The Hall–Kier alpha value is -0.790. The fourth-order valence-corrected chi connectivity index (χ4v) is 2.11. The van der Waals surface area contributed by atoms with Crippen LogP contribution < -0.4 is 29.6 Å². The van der Waals surface area contributed by atoms with Crippen molar-refractivity contribution in [2.24, 2.45) is 0 Å². The summed E-state index contributed by atoms with van der Waals surface area (Å²) in [5.74, 6) is -1.47. The van der Waals surface area contributed by atoms with E-state index >= 15 is 0 Å². The van der Waals surface area contributed by atoms with Crippen molar-refractivity contribution in [2.75, 3.05) is 0 Å². The van der Waals surface area contributed by atoms with Gasteiger partial charge in [0.15, 0.2) is 0 Å². The Kier molecular flexibility index (Phi) is 5.23. The third-order valence-electron chi connectivity index (χ3n) is 2.39. The van der Waals surface area contributed by atoms with E-state index < -0.39 is 26.6 Å². The number of hydrogen-bond acceptors (Lipinski definition) is 2. The van der Waals surface area contributed by atoms with E-state index in [9.17, 15) is 17.2 Å². The minimum Gasteiger partial charge on any atom is -1.00 e. The molecule has 0 aliphatic heterocycles. The summed E-state index contributed by atoms with van der Waals surface area (Å²) in [5, 5.41) is 0. The largest absolute Gasteiger partial charge is 1.00 e. The predicted octanol–water partition coefficient (Wildman–Crippen LogP) is -0.00500. The average molecular weight is 294 g/mol. The fourth-order valence-electron chi connectivity index (χ4n) is 1.52. The molecule has 96 valence electrons. The molecule has 0 spiro atoms. The normalized spacial score (nSPS) is 10.9. The molecule has 0 aromatic heterocycles. The second-order valence-corrected chi connectivity index (χ2v) is 5.02. The first-order valence-electron chi connectivity index (χ1n) is 4.91. The minimum absolute atomic E-state index is 0. The van der Waals surface area contributed by atoms with E-state index in [0.29, 0.717) is 11.1 Å². The first-order chi connectivity index (χ1) is 8.38. The predicted molar refractivity (Wildman–Crippen MR) is 62.7 cm³/mol. The van der Waals surface area contributed by atoms with Crippen molar-refractivity contribution >= 4 is 10.1 Å². The van der Waals surface area contributed by atoms with E-state index in [4.69, 9.17) is 4.55 Å². The van der Waals surface area contributed by atoms with Gasteiger partial charge >= 0.3 is 29.6 Å². The molecule has 0 bridgehead atoms. The smallest absolute Gasteiger partial charge is 1.00 e. The van der Waals surface area contributed by atoms with Gasteiger partial charge in [-0.3, -0.25) is 4.55 Å². The van der Waals surface area contributed by atoms with E-state index in [-0.39, 0.29) is 31.0 Å². The molecule has 0 atom stereocenters. The summed E-state index contributed by atoms with van der Waals surface area (Å²) < 4.78 is 56.7. The molecule has 3 nitrogen and oxygen atoms in total. The zero-order chi connectivity index (χ0) is 13.3. The van der Waals surface area contributed by atoms with Gasteiger partial charge in [0.2, 0.25) is 0 Å². The van der Waals surface area contributed by atoms with Crippen molar-refractivity contribution in [3.05, 3.63) is 54.1 Å². The maximum atomic E-state index is 13.2. The average Bonchev–Trinajstić information content (AvgIpc) is 2.29. The summed E-state index contributed by atoms with van der Waals surface area (Å²) in [5.41, 5.74) is 0.880. The SMILES string of the molecule is O=S(=O)(O)c1cc(-c2ccc(F)cc2)ccc1F.[H-].[Na+]. The van der Waals surface area contributed by atoms with E-state index in [0.717, 1.165) is 12.1 Å². The van der Waals surface area contributed by atoms with Crippen LogP contribution in [0.3, 0.4) is 0 Å². The summed E-state index contributed by atoms with van der Waals surface area (Å²) in [6.45, 7) is 0. The van der Waals surface area contributed by atoms with Crippen LogP contribution in [0.2, 0.25) is 0 Å². The Balaban J connectivity index is 0.00000180. The third-order valence-corrected chi connectivity index (χ3v) is 3.26. The zero-order valence-electron chi connectivity index (χ0n) is 11.0. The van der Waals surface area contributed by atoms with Gasteiger partial charge in [-0.1, -0.05) is 18.2 Å². The van der Waals surface area contributed by atoms with Crippen LogP contribution >= 0.6 is 0 Å². The summed E-state index contributed by atoms with van der Waals surface area (Å²) in [6, 6.07) is 8.53. The van der Waals surface area contributed by atoms with Crippen LogP contribution in [0.1, 0.15) is 1.43 Å². The van der Waals surface area contributed by atoms with Gasteiger partial charge in [-0.15, -0.1) is 0 Å². The van der Waals surface area contributed by atoms with Crippen LogP contribution in [0.4, 0.5) is 8.78 Å². The molecule has 0 radical (unpaired) electrons. The van der Waals surface area contributed by atoms with Gasteiger partial charge in [-0.25, -0.2) is 8.78 Å². The number of benzene rings is 2. The Morgan fingerprint density at radius 3 is 2.00 bits per heavy atom. The topological polar surface area (TPSA) is 54.4 Å². The van der Waals surface area contributed by atoms with Gasteiger partial charge in [0, 0.05) is 0 Å². The Bertz CT molecular complexity index is 690. The summed E-state index contributed by atoms with van der Waals surface area (Å²) >= 11 is 0. The van der Waals surface area contributed by atoms with Gasteiger partial charge in [0.25, 0.3) is 10.1 Å². The third kappa shape index (κ3) is 3.84. The second kappa shape index (κ2) is 6.11. The number of rotatable bonds is 2.